The van der Waals surface area contributed by atoms with Crippen molar-refractivity contribution in [1.82, 2.24) is 19.6 Å². The number of para-hydroxylation sites is 1. The molecular weight excluding hydrogens is 262 g/mol. The van der Waals surface area contributed by atoms with E-state index in [1.165, 1.54) is 0 Å². The summed E-state index contributed by atoms with van der Waals surface area (Å²) in [6, 6.07) is 10.1. The number of nitrogens with zero attached hydrogens (tertiary/aromatic N) is 4. The van der Waals surface area contributed by atoms with Gasteiger partial charge >= 0.3 is 0 Å². The molecule has 1 N–H and O–H groups in total. The molecule has 0 radical (unpaired) electrons. The van der Waals surface area contributed by atoms with E-state index in [0.29, 0.717) is 0 Å². The molecule has 21 heavy (non-hydrogen) atoms. The van der Waals surface area contributed by atoms with Crippen LogP contribution < -0.4 is 5.32 Å². The molecule has 2 heterocycles. The van der Waals surface area contributed by atoms with Crippen molar-refractivity contribution in [2.24, 2.45) is 7.05 Å². The maximum absolute atomic E-state index is 4.41. The number of nitrogens with one attached hydrogen (secondary N) is 1. The zero-order valence-electron chi connectivity index (χ0n) is 12.5. The van der Waals surface area contributed by atoms with E-state index in [2.05, 4.69) is 22.4 Å². The van der Waals surface area contributed by atoms with Crippen LogP contribution in [0.5, 0.6) is 0 Å². The molecule has 0 aliphatic rings. The minimum atomic E-state index is 0.736. The molecule has 0 aliphatic carbocycles. The lowest BCUT2D eigenvalue weighted by molar-refractivity contribution is 0.731. The fourth-order valence-corrected chi connectivity index (χ4v) is 2.39. The summed E-state index contributed by atoms with van der Waals surface area (Å²) in [5.41, 5.74) is 5.47. The average molecular weight is 281 g/mol. The highest BCUT2D eigenvalue weighted by Gasteiger charge is 2.09. The molecule has 0 unspecified atom stereocenters. The summed E-state index contributed by atoms with van der Waals surface area (Å²) in [4.78, 5) is 0. The third kappa shape index (κ3) is 2.67. The second-order valence-corrected chi connectivity index (χ2v) is 5.15. The first-order valence-electron chi connectivity index (χ1n) is 6.98. The molecule has 2 aromatic heterocycles. The van der Waals surface area contributed by atoms with Crippen molar-refractivity contribution >= 4 is 5.69 Å². The van der Waals surface area contributed by atoms with Crippen molar-refractivity contribution in [3.8, 4) is 5.69 Å². The number of aryl methyl sites for hydroxylation is 2. The van der Waals surface area contributed by atoms with Gasteiger partial charge in [-0.05, 0) is 26.0 Å². The molecule has 0 saturated carbocycles. The van der Waals surface area contributed by atoms with Gasteiger partial charge in [0, 0.05) is 25.4 Å². The molecule has 0 amide bonds. The van der Waals surface area contributed by atoms with Crippen molar-refractivity contribution in [2.75, 3.05) is 5.32 Å². The molecule has 108 valence electrons. The SMILES string of the molecule is Cc1nn(C)c(C)c1NCc1cnn(-c2ccccc2)c1. The van der Waals surface area contributed by atoms with Crippen LogP contribution in [0.2, 0.25) is 0 Å². The molecule has 0 bridgehead atoms. The van der Waals surface area contributed by atoms with Crippen LogP contribution in [0.4, 0.5) is 5.69 Å². The van der Waals surface area contributed by atoms with Crippen molar-refractivity contribution < 1.29 is 0 Å². The van der Waals surface area contributed by atoms with Crippen LogP contribution >= 0.6 is 0 Å². The van der Waals surface area contributed by atoms with Crippen molar-refractivity contribution in [2.45, 2.75) is 20.4 Å². The van der Waals surface area contributed by atoms with E-state index in [9.17, 15) is 0 Å². The summed E-state index contributed by atoms with van der Waals surface area (Å²) in [7, 11) is 1.96. The van der Waals surface area contributed by atoms with E-state index in [4.69, 9.17) is 0 Å². The van der Waals surface area contributed by atoms with Gasteiger partial charge in [0.25, 0.3) is 0 Å². The Labute approximate surface area is 124 Å². The van der Waals surface area contributed by atoms with Crippen LogP contribution in [-0.4, -0.2) is 19.6 Å². The Morgan fingerprint density at radius 2 is 1.90 bits per heavy atom. The highest BCUT2D eigenvalue weighted by atomic mass is 15.3. The maximum atomic E-state index is 4.41. The highest BCUT2D eigenvalue weighted by molar-refractivity contribution is 5.52. The van der Waals surface area contributed by atoms with Crippen LogP contribution in [0.25, 0.3) is 5.69 Å². The fraction of sp³-hybridized carbons (Fsp3) is 0.250. The molecule has 0 spiro atoms. The topological polar surface area (TPSA) is 47.7 Å². The lowest BCUT2D eigenvalue weighted by Gasteiger charge is -2.05. The number of rotatable bonds is 4. The molecule has 5 heteroatoms. The molecule has 5 nitrogen and oxygen atoms in total. The normalized spacial score (nSPS) is 10.8. The van der Waals surface area contributed by atoms with E-state index in [1.807, 2.05) is 66.1 Å². The highest BCUT2D eigenvalue weighted by Crippen LogP contribution is 2.19. The Morgan fingerprint density at radius 3 is 2.57 bits per heavy atom. The van der Waals surface area contributed by atoms with Crippen molar-refractivity contribution in [3.63, 3.8) is 0 Å². The van der Waals surface area contributed by atoms with Gasteiger partial charge in [0.1, 0.15) is 0 Å². The standard InChI is InChI=1S/C16H19N5/c1-12-16(13(2)20(3)19-12)17-9-14-10-18-21(11-14)15-7-5-4-6-8-15/h4-8,10-11,17H,9H2,1-3H3. The number of hydrogen-bond acceptors (Lipinski definition) is 3. The van der Waals surface area contributed by atoms with Gasteiger partial charge < -0.3 is 5.32 Å². The monoisotopic (exact) mass is 281 g/mol. The van der Waals surface area contributed by atoms with Gasteiger partial charge in [0.15, 0.2) is 0 Å². The summed E-state index contributed by atoms with van der Waals surface area (Å²) in [5, 5.41) is 12.3. The summed E-state index contributed by atoms with van der Waals surface area (Å²) in [6.45, 7) is 4.82. The fourth-order valence-electron chi connectivity index (χ4n) is 2.39. The van der Waals surface area contributed by atoms with E-state index in [1.54, 1.807) is 0 Å². The van der Waals surface area contributed by atoms with Crippen LogP contribution in [0.15, 0.2) is 42.7 Å². The number of anilines is 1. The summed E-state index contributed by atoms with van der Waals surface area (Å²) < 4.78 is 3.78. The van der Waals surface area contributed by atoms with E-state index in [0.717, 1.165) is 34.9 Å². The first kappa shape index (κ1) is 13.4. The first-order valence-corrected chi connectivity index (χ1v) is 6.98. The van der Waals surface area contributed by atoms with Crippen LogP contribution in [0.1, 0.15) is 17.0 Å². The smallest absolute Gasteiger partial charge is 0.0827 e. The zero-order valence-corrected chi connectivity index (χ0v) is 12.5. The number of hydrogen-bond donors (Lipinski definition) is 1. The summed E-state index contributed by atoms with van der Waals surface area (Å²) in [5.74, 6) is 0. The van der Waals surface area contributed by atoms with Gasteiger partial charge in [-0.25, -0.2) is 4.68 Å². The summed E-state index contributed by atoms with van der Waals surface area (Å²) in [6.07, 6.45) is 3.93. The Morgan fingerprint density at radius 1 is 1.14 bits per heavy atom. The molecule has 3 rings (SSSR count). The average Bonchev–Trinajstić information content (AvgIpc) is 3.05. The Bertz CT molecular complexity index is 739. The molecule has 1 aromatic carbocycles. The van der Waals surface area contributed by atoms with E-state index in [-0.39, 0.29) is 0 Å². The third-order valence-corrected chi connectivity index (χ3v) is 3.64. The predicted octanol–water partition coefficient (Wildman–Crippen LogP) is 2.83. The molecule has 0 aliphatic heterocycles. The quantitative estimate of drug-likeness (QED) is 0.800. The van der Waals surface area contributed by atoms with Gasteiger partial charge in [-0.2, -0.15) is 10.2 Å². The Balaban J connectivity index is 1.73. The molecule has 0 atom stereocenters. The Hall–Kier alpha value is -2.56. The van der Waals surface area contributed by atoms with E-state index >= 15 is 0 Å². The maximum Gasteiger partial charge on any atom is 0.0827 e. The lowest BCUT2D eigenvalue weighted by atomic mass is 10.3. The van der Waals surface area contributed by atoms with Gasteiger partial charge in [0.2, 0.25) is 0 Å². The second-order valence-electron chi connectivity index (χ2n) is 5.15. The van der Waals surface area contributed by atoms with Crippen LogP contribution in [-0.2, 0) is 13.6 Å². The second kappa shape index (κ2) is 5.44. The minimum Gasteiger partial charge on any atom is -0.378 e. The summed E-state index contributed by atoms with van der Waals surface area (Å²) >= 11 is 0. The van der Waals surface area contributed by atoms with Gasteiger partial charge in [-0.3, -0.25) is 4.68 Å². The lowest BCUT2D eigenvalue weighted by Crippen LogP contribution is -2.01. The minimum absolute atomic E-state index is 0.736. The van der Waals surface area contributed by atoms with Gasteiger partial charge in [-0.1, -0.05) is 18.2 Å². The van der Waals surface area contributed by atoms with Crippen molar-refractivity contribution in [1.29, 1.82) is 0 Å². The zero-order chi connectivity index (χ0) is 14.8. The van der Waals surface area contributed by atoms with Crippen LogP contribution in [0, 0.1) is 13.8 Å². The molecule has 0 saturated heterocycles. The Kier molecular flexibility index (Phi) is 3.48. The first-order chi connectivity index (χ1) is 10.1. The molecule has 3 aromatic rings. The number of aromatic nitrogens is 4. The van der Waals surface area contributed by atoms with Crippen LogP contribution in [0.3, 0.4) is 0 Å². The van der Waals surface area contributed by atoms with Gasteiger partial charge in [0.05, 0.1) is 29.0 Å². The molecular formula is C16H19N5. The third-order valence-electron chi connectivity index (χ3n) is 3.64. The predicted molar refractivity (Wildman–Crippen MR) is 83.6 cm³/mol. The van der Waals surface area contributed by atoms with Crippen molar-refractivity contribution in [3.05, 3.63) is 59.7 Å². The van der Waals surface area contributed by atoms with Gasteiger partial charge in [-0.15, -0.1) is 0 Å². The van der Waals surface area contributed by atoms with E-state index < -0.39 is 0 Å². The largest absolute Gasteiger partial charge is 0.378 e. The molecule has 0 fully saturated rings. The number of benzene rings is 1.